The number of rotatable bonds is 2. The lowest BCUT2D eigenvalue weighted by Crippen LogP contribution is -2.54. The molecule has 1 saturated heterocycles. The number of non-ortho nitro benzene ring substituents is 1. The van der Waals surface area contributed by atoms with Crippen LogP contribution in [0.5, 0.6) is 0 Å². The topological polar surface area (TPSA) is 58.4 Å². The van der Waals surface area contributed by atoms with Gasteiger partial charge >= 0.3 is 0 Å². The molecular formula is C16H19N3O2. The molecule has 1 fully saturated rings. The molecular weight excluding hydrogens is 266 g/mol. The second kappa shape index (κ2) is 5.33. The van der Waals surface area contributed by atoms with Crippen LogP contribution in [-0.4, -0.2) is 30.1 Å². The van der Waals surface area contributed by atoms with Crippen molar-refractivity contribution in [1.82, 2.24) is 5.32 Å². The number of nitro benzene ring substituents is 1. The van der Waals surface area contributed by atoms with Crippen LogP contribution in [0.4, 0.5) is 11.4 Å². The van der Waals surface area contributed by atoms with Crippen molar-refractivity contribution >= 4 is 22.1 Å². The van der Waals surface area contributed by atoms with E-state index in [4.69, 9.17) is 0 Å². The van der Waals surface area contributed by atoms with Crippen LogP contribution in [0.15, 0.2) is 36.4 Å². The maximum Gasteiger partial charge on any atom is 0.277 e. The summed E-state index contributed by atoms with van der Waals surface area (Å²) in [5.74, 6) is 0. The molecule has 5 nitrogen and oxygen atoms in total. The predicted octanol–water partition coefficient (Wildman–Crippen LogP) is 2.93. The molecule has 0 unspecified atom stereocenters. The van der Waals surface area contributed by atoms with Crippen LogP contribution in [0.2, 0.25) is 0 Å². The molecule has 0 aromatic heterocycles. The van der Waals surface area contributed by atoms with E-state index in [1.165, 1.54) is 0 Å². The standard InChI is InChI=1S/C16H19N3O2/c1-11-10-18(12(2)9-17-11)15-7-8-16(19(20)21)14-6-4-3-5-13(14)15/h3-8,11-12,17H,9-10H2,1-2H3/t11-,12+/m0/s1. The highest BCUT2D eigenvalue weighted by molar-refractivity contribution is 6.00. The van der Waals surface area contributed by atoms with Gasteiger partial charge in [0.1, 0.15) is 0 Å². The Morgan fingerprint density at radius 1 is 1.19 bits per heavy atom. The van der Waals surface area contributed by atoms with Gasteiger partial charge in [-0.05, 0) is 26.0 Å². The minimum Gasteiger partial charge on any atom is -0.365 e. The van der Waals surface area contributed by atoms with Crippen molar-refractivity contribution in [3.63, 3.8) is 0 Å². The van der Waals surface area contributed by atoms with Crippen LogP contribution in [0.25, 0.3) is 10.8 Å². The molecule has 0 radical (unpaired) electrons. The van der Waals surface area contributed by atoms with Crippen LogP contribution in [0.1, 0.15) is 13.8 Å². The number of piperazine rings is 1. The minimum absolute atomic E-state index is 0.171. The van der Waals surface area contributed by atoms with Crippen molar-refractivity contribution in [2.24, 2.45) is 0 Å². The third-order valence-corrected chi connectivity index (χ3v) is 4.15. The van der Waals surface area contributed by atoms with E-state index in [-0.39, 0.29) is 10.6 Å². The van der Waals surface area contributed by atoms with Gasteiger partial charge in [0.2, 0.25) is 0 Å². The summed E-state index contributed by atoms with van der Waals surface area (Å²) in [6.07, 6.45) is 0. The molecule has 110 valence electrons. The monoisotopic (exact) mass is 285 g/mol. The first-order valence-electron chi connectivity index (χ1n) is 7.24. The molecule has 2 aromatic rings. The van der Waals surface area contributed by atoms with Gasteiger partial charge in [-0.3, -0.25) is 10.1 Å². The minimum atomic E-state index is -0.310. The number of nitro groups is 1. The predicted molar refractivity (Wildman–Crippen MR) is 84.9 cm³/mol. The van der Waals surface area contributed by atoms with Gasteiger partial charge in [0, 0.05) is 42.3 Å². The molecule has 1 N–H and O–H groups in total. The van der Waals surface area contributed by atoms with Crippen LogP contribution in [0, 0.1) is 10.1 Å². The average molecular weight is 285 g/mol. The van der Waals surface area contributed by atoms with Gasteiger partial charge in [0.15, 0.2) is 0 Å². The highest BCUT2D eigenvalue weighted by Crippen LogP contribution is 2.34. The van der Waals surface area contributed by atoms with Gasteiger partial charge in [-0.15, -0.1) is 0 Å². The Balaban J connectivity index is 2.15. The lowest BCUT2D eigenvalue weighted by molar-refractivity contribution is -0.383. The molecule has 0 aliphatic carbocycles. The van der Waals surface area contributed by atoms with E-state index >= 15 is 0 Å². The average Bonchev–Trinajstić information content (AvgIpc) is 2.48. The van der Waals surface area contributed by atoms with Gasteiger partial charge in [-0.2, -0.15) is 0 Å². The van der Waals surface area contributed by atoms with E-state index < -0.39 is 0 Å². The second-order valence-corrected chi connectivity index (χ2v) is 5.72. The van der Waals surface area contributed by atoms with E-state index in [2.05, 4.69) is 24.1 Å². The zero-order valence-corrected chi connectivity index (χ0v) is 12.2. The van der Waals surface area contributed by atoms with Gasteiger partial charge in [0.05, 0.1) is 10.3 Å². The first-order valence-corrected chi connectivity index (χ1v) is 7.24. The Labute approximate surface area is 123 Å². The molecule has 0 saturated carbocycles. The summed E-state index contributed by atoms with van der Waals surface area (Å²) in [6, 6.07) is 11.9. The van der Waals surface area contributed by atoms with Gasteiger partial charge in [0.25, 0.3) is 5.69 Å². The van der Waals surface area contributed by atoms with Crippen LogP contribution in [0.3, 0.4) is 0 Å². The van der Waals surface area contributed by atoms with Crippen LogP contribution in [-0.2, 0) is 0 Å². The summed E-state index contributed by atoms with van der Waals surface area (Å²) in [4.78, 5) is 13.2. The number of nitrogens with zero attached hydrogens (tertiary/aromatic N) is 2. The molecule has 0 bridgehead atoms. The van der Waals surface area contributed by atoms with Crippen molar-refractivity contribution in [2.75, 3.05) is 18.0 Å². The van der Waals surface area contributed by atoms with Crippen molar-refractivity contribution in [3.8, 4) is 0 Å². The van der Waals surface area contributed by atoms with Crippen molar-refractivity contribution in [2.45, 2.75) is 25.9 Å². The molecule has 2 aromatic carbocycles. The lowest BCUT2D eigenvalue weighted by atomic mass is 10.0. The normalized spacial score (nSPS) is 22.5. The molecule has 21 heavy (non-hydrogen) atoms. The highest BCUT2D eigenvalue weighted by Gasteiger charge is 2.25. The SMILES string of the molecule is C[C@@H]1CN[C@@H](C)CN1c1ccc([N+](=O)[O-])c2ccccc12. The third kappa shape index (κ3) is 2.45. The summed E-state index contributed by atoms with van der Waals surface area (Å²) < 4.78 is 0. The van der Waals surface area contributed by atoms with Crippen molar-refractivity contribution in [1.29, 1.82) is 0 Å². The first kappa shape index (κ1) is 13.8. The van der Waals surface area contributed by atoms with E-state index in [0.29, 0.717) is 17.5 Å². The second-order valence-electron chi connectivity index (χ2n) is 5.72. The molecule has 1 aliphatic rings. The quantitative estimate of drug-likeness (QED) is 0.681. The number of nitrogens with one attached hydrogen (secondary N) is 1. The summed E-state index contributed by atoms with van der Waals surface area (Å²) in [5, 5.41) is 16.3. The summed E-state index contributed by atoms with van der Waals surface area (Å²) in [5.41, 5.74) is 1.25. The molecule has 1 heterocycles. The maximum absolute atomic E-state index is 11.2. The maximum atomic E-state index is 11.2. The molecule has 1 aliphatic heterocycles. The molecule has 2 atom stereocenters. The van der Waals surface area contributed by atoms with E-state index in [1.54, 1.807) is 6.07 Å². The van der Waals surface area contributed by atoms with Gasteiger partial charge < -0.3 is 10.2 Å². The van der Waals surface area contributed by atoms with Gasteiger partial charge in [-0.25, -0.2) is 0 Å². The Morgan fingerprint density at radius 2 is 1.90 bits per heavy atom. The molecule has 5 heteroatoms. The number of benzene rings is 2. The summed E-state index contributed by atoms with van der Waals surface area (Å²) in [6.45, 7) is 6.16. The lowest BCUT2D eigenvalue weighted by Gasteiger charge is -2.39. The van der Waals surface area contributed by atoms with E-state index in [1.807, 2.05) is 30.3 Å². The van der Waals surface area contributed by atoms with Gasteiger partial charge in [-0.1, -0.05) is 18.2 Å². The molecule has 3 rings (SSSR count). The molecule has 0 amide bonds. The smallest absolute Gasteiger partial charge is 0.277 e. The van der Waals surface area contributed by atoms with Crippen molar-refractivity contribution < 1.29 is 4.92 Å². The zero-order chi connectivity index (χ0) is 15.0. The fourth-order valence-corrected chi connectivity index (χ4v) is 3.03. The number of hydrogen-bond donors (Lipinski definition) is 1. The van der Waals surface area contributed by atoms with Crippen LogP contribution < -0.4 is 10.2 Å². The Bertz CT molecular complexity index is 686. The van der Waals surface area contributed by atoms with Crippen molar-refractivity contribution in [3.05, 3.63) is 46.5 Å². The van der Waals surface area contributed by atoms with E-state index in [9.17, 15) is 10.1 Å². The van der Waals surface area contributed by atoms with Crippen LogP contribution >= 0.6 is 0 Å². The highest BCUT2D eigenvalue weighted by atomic mass is 16.6. The number of anilines is 1. The fraction of sp³-hybridized carbons (Fsp3) is 0.375. The fourth-order valence-electron chi connectivity index (χ4n) is 3.03. The summed E-state index contributed by atoms with van der Waals surface area (Å²) >= 11 is 0. The first-order chi connectivity index (χ1) is 10.1. The Kier molecular flexibility index (Phi) is 3.51. The zero-order valence-electron chi connectivity index (χ0n) is 12.2. The van der Waals surface area contributed by atoms with E-state index in [0.717, 1.165) is 24.2 Å². The third-order valence-electron chi connectivity index (χ3n) is 4.15. The largest absolute Gasteiger partial charge is 0.365 e. The number of hydrogen-bond acceptors (Lipinski definition) is 4. The Morgan fingerprint density at radius 3 is 2.62 bits per heavy atom. The number of fused-ring (bicyclic) bond motifs is 1. The Hall–Kier alpha value is -2.14. The summed E-state index contributed by atoms with van der Waals surface area (Å²) in [7, 11) is 0. The molecule has 0 spiro atoms.